The van der Waals surface area contributed by atoms with E-state index in [0.29, 0.717) is 12.1 Å². The molecular weight excluding hydrogens is 380 g/mol. The lowest BCUT2D eigenvalue weighted by atomic mass is 10.0. The van der Waals surface area contributed by atoms with Crippen molar-refractivity contribution in [2.75, 3.05) is 5.01 Å². The second-order valence-corrected chi connectivity index (χ2v) is 6.69. The number of halogens is 4. The van der Waals surface area contributed by atoms with Gasteiger partial charge in [0.15, 0.2) is 5.82 Å². The fraction of sp³-hybridized carbons (Fsp3) is 0.0870. The molecule has 0 fully saturated rings. The molecule has 1 heterocycles. The summed E-state index contributed by atoms with van der Waals surface area (Å²) in [5, 5.41) is 5.97. The molecule has 2 nitrogen and oxygen atoms in total. The molecule has 3 aromatic rings. The average molecular weight is 396 g/mol. The van der Waals surface area contributed by atoms with Gasteiger partial charge >= 0.3 is 0 Å². The van der Waals surface area contributed by atoms with Crippen LogP contribution in [-0.4, -0.2) is 5.71 Å². The summed E-state index contributed by atoms with van der Waals surface area (Å²) < 4.78 is 54.1. The van der Waals surface area contributed by atoms with Gasteiger partial charge in [0, 0.05) is 12.5 Å². The molecule has 6 heteroatoms. The third-order valence-electron chi connectivity index (χ3n) is 4.68. The van der Waals surface area contributed by atoms with Gasteiger partial charge in [-0.15, -0.1) is 0 Å². The molecule has 0 saturated carbocycles. The first kappa shape index (κ1) is 18.9. The molecule has 0 amide bonds. The largest absolute Gasteiger partial charge is 0.254 e. The Hall–Kier alpha value is -3.41. The lowest BCUT2D eigenvalue weighted by Crippen LogP contribution is -2.19. The highest BCUT2D eigenvalue weighted by atomic mass is 19.1. The molecule has 0 N–H and O–H groups in total. The number of benzene rings is 3. The van der Waals surface area contributed by atoms with E-state index in [1.165, 1.54) is 41.4 Å². The van der Waals surface area contributed by atoms with E-state index in [2.05, 4.69) is 5.10 Å². The van der Waals surface area contributed by atoms with Crippen molar-refractivity contribution in [1.82, 2.24) is 0 Å². The van der Waals surface area contributed by atoms with Crippen LogP contribution in [0.25, 0.3) is 6.08 Å². The number of rotatable bonds is 4. The Bertz CT molecular complexity index is 1070. The first-order chi connectivity index (χ1) is 14.0. The quantitative estimate of drug-likeness (QED) is 0.475. The normalized spacial score (nSPS) is 16.5. The molecule has 29 heavy (non-hydrogen) atoms. The number of hydrazone groups is 1. The van der Waals surface area contributed by atoms with Crippen molar-refractivity contribution in [2.45, 2.75) is 12.5 Å². The third-order valence-corrected chi connectivity index (χ3v) is 4.68. The molecule has 0 saturated heterocycles. The molecule has 4 rings (SSSR count). The van der Waals surface area contributed by atoms with Gasteiger partial charge in [0.1, 0.15) is 17.5 Å². The number of nitrogens with zero attached hydrogens (tertiary/aromatic N) is 2. The summed E-state index contributed by atoms with van der Waals surface area (Å²) in [6.45, 7) is 0. The van der Waals surface area contributed by atoms with Gasteiger partial charge in [-0.1, -0.05) is 30.3 Å². The molecule has 0 spiro atoms. The minimum Gasteiger partial charge on any atom is -0.254 e. The first-order valence-corrected chi connectivity index (χ1v) is 9.00. The molecule has 0 aromatic heterocycles. The summed E-state index contributed by atoms with van der Waals surface area (Å²) in [5.41, 5.74) is 2.33. The van der Waals surface area contributed by atoms with Crippen molar-refractivity contribution in [3.8, 4) is 0 Å². The van der Waals surface area contributed by atoms with Crippen LogP contribution in [0.4, 0.5) is 23.2 Å². The van der Waals surface area contributed by atoms with Gasteiger partial charge in [-0.25, -0.2) is 17.6 Å². The molecule has 146 valence electrons. The van der Waals surface area contributed by atoms with E-state index in [4.69, 9.17) is 0 Å². The standard InChI is InChI=1S/C23H16F4N2/c24-17-6-1-15(2-7-17)3-11-20-14-23(16-4-8-18(25)9-5-16)29(28-20)22-12-10-19(26)13-21(22)27/h1-13,23H,14H2. The number of hydrogen-bond donors (Lipinski definition) is 0. The van der Waals surface area contributed by atoms with Crippen molar-refractivity contribution in [3.63, 3.8) is 0 Å². The molecule has 1 unspecified atom stereocenters. The van der Waals surface area contributed by atoms with Crippen LogP contribution in [0.2, 0.25) is 0 Å². The van der Waals surface area contributed by atoms with Crippen molar-refractivity contribution in [2.24, 2.45) is 5.10 Å². The number of hydrogen-bond acceptors (Lipinski definition) is 2. The van der Waals surface area contributed by atoms with Gasteiger partial charge in [0.25, 0.3) is 0 Å². The monoisotopic (exact) mass is 396 g/mol. The topological polar surface area (TPSA) is 15.6 Å². The summed E-state index contributed by atoms with van der Waals surface area (Å²) >= 11 is 0. The van der Waals surface area contributed by atoms with Crippen molar-refractivity contribution in [3.05, 3.63) is 107 Å². The maximum Gasteiger partial charge on any atom is 0.151 e. The van der Waals surface area contributed by atoms with Crippen molar-refractivity contribution < 1.29 is 17.6 Å². The van der Waals surface area contributed by atoms with Crippen LogP contribution >= 0.6 is 0 Å². The molecule has 0 radical (unpaired) electrons. The summed E-state index contributed by atoms with van der Waals surface area (Å²) in [5.74, 6) is -2.10. The van der Waals surface area contributed by atoms with E-state index in [9.17, 15) is 17.6 Å². The zero-order valence-electron chi connectivity index (χ0n) is 15.2. The van der Waals surface area contributed by atoms with E-state index in [1.54, 1.807) is 36.4 Å². The summed E-state index contributed by atoms with van der Waals surface area (Å²) in [6, 6.07) is 14.8. The Morgan fingerprint density at radius 2 is 1.38 bits per heavy atom. The maximum absolute atomic E-state index is 14.4. The second kappa shape index (κ2) is 7.91. The first-order valence-electron chi connectivity index (χ1n) is 9.00. The van der Waals surface area contributed by atoms with Crippen LogP contribution in [0.15, 0.2) is 77.9 Å². The third kappa shape index (κ3) is 4.21. The van der Waals surface area contributed by atoms with E-state index in [1.807, 2.05) is 0 Å². The molecule has 1 atom stereocenters. The Kier molecular flexibility index (Phi) is 5.16. The van der Waals surface area contributed by atoms with Gasteiger partial charge in [0.2, 0.25) is 0 Å². The zero-order valence-corrected chi connectivity index (χ0v) is 15.2. The SMILES string of the molecule is Fc1ccc(C=CC2=NN(c3ccc(F)cc3F)C(c3ccc(F)cc3)C2)cc1. The van der Waals surface area contributed by atoms with E-state index < -0.39 is 11.6 Å². The highest BCUT2D eigenvalue weighted by Crippen LogP contribution is 2.37. The van der Waals surface area contributed by atoms with Gasteiger partial charge in [-0.05, 0) is 53.6 Å². The van der Waals surface area contributed by atoms with Gasteiger partial charge in [0.05, 0.1) is 17.4 Å². The van der Waals surface area contributed by atoms with Gasteiger partial charge < -0.3 is 0 Å². The Morgan fingerprint density at radius 1 is 0.759 bits per heavy atom. The van der Waals surface area contributed by atoms with Crippen LogP contribution < -0.4 is 5.01 Å². The van der Waals surface area contributed by atoms with Crippen molar-refractivity contribution in [1.29, 1.82) is 0 Å². The molecule has 1 aliphatic heterocycles. The van der Waals surface area contributed by atoms with Gasteiger partial charge in [-0.3, -0.25) is 5.01 Å². The fourth-order valence-corrected chi connectivity index (χ4v) is 3.23. The Balaban J connectivity index is 1.68. The van der Waals surface area contributed by atoms with Crippen LogP contribution in [0.3, 0.4) is 0 Å². The smallest absolute Gasteiger partial charge is 0.151 e. The number of allylic oxidation sites excluding steroid dienone is 1. The van der Waals surface area contributed by atoms with Gasteiger partial charge in [-0.2, -0.15) is 5.10 Å². The van der Waals surface area contributed by atoms with Crippen LogP contribution in [-0.2, 0) is 0 Å². The van der Waals surface area contributed by atoms with Crippen LogP contribution in [0, 0.1) is 23.3 Å². The number of anilines is 1. The second-order valence-electron chi connectivity index (χ2n) is 6.69. The predicted octanol–water partition coefficient (Wildman–Crippen LogP) is 6.26. The summed E-state index contributed by atoms with van der Waals surface area (Å²) in [4.78, 5) is 0. The van der Waals surface area contributed by atoms with Crippen LogP contribution in [0.5, 0.6) is 0 Å². The highest BCUT2D eigenvalue weighted by molar-refractivity contribution is 6.01. The minimum atomic E-state index is -0.732. The fourth-order valence-electron chi connectivity index (χ4n) is 3.23. The molecule has 1 aliphatic rings. The highest BCUT2D eigenvalue weighted by Gasteiger charge is 2.30. The predicted molar refractivity (Wildman–Crippen MR) is 105 cm³/mol. The lowest BCUT2D eigenvalue weighted by Gasteiger charge is -2.24. The Morgan fingerprint density at radius 3 is 2.03 bits per heavy atom. The van der Waals surface area contributed by atoms with E-state index >= 15 is 0 Å². The molecular formula is C23H16F4N2. The molecule has 0 bridgehead atoms. The molecule has 3 aromatic carbocycles. The lowest BCUT2D eigenvalue weighted by molar-refractivity contribution is 0.572. The molecule has 0 aliphatic carbocycles. The summed E-state index contributed by atoms with van der Waals surface area (Å²) in [6.07, 6.45) is 4.00. The maximum atomic E-state index is 14.4. The van der Waals surface area contributed by atoms with E-state index in [-0.39, 0.29) is 23.4 Å². The van der Waals surface area contributed by atoms with E-state index in [0.717, 1.165) is 17.2 Å². The van der Waals surface area contributed by atoms with Crippen molar-refractivity contribution >= 4 is 17.5 Å². The van der Waals surface area contributed by atoms with Crippen LogP contribution in [0.1, 0.15) is 23.6 Å². The Labute approximate surface area is 165 Å². The summed E-state index contributed by atoms with van der Waals surface area (Å²) in [7, 11) is 0. The minimum absolute atomic E-state index is 0.130. The zero-order chi connectivity index (χ0) is 20.4. The average Bonchev–Trinajstić information content (AvgIpc) is 3.12.